The van der Waals surface area contributed by atoms with Crippen LogP contribution in [0.5, 0.6) is 0 Å². The summed E-state index contributed by atoms with van der Waals surface area (Å²) >= 11 is 0. The van der Waals surface area contributed by atoms with Gasteiger partial charge in [0.05, 0.1) is 52.2 Å². The third kappa shape index (κ3) is 28.5. The molecule has 0 aromatic carbocycles. The Hall–Kier alpha value is -1.46. The molecule has 14 heteroatoms. The van der Waals surface area contributed by atoms with Crippen molar-refractivity contribution in [2.45, 2.75) is 0 Å². The second-order valence-electron chi connectivity index (χ2n) is 6.37. The molecule has 0 amide bonds. The summed E-state index contributed by atoms with van der Waals surface area (Å²) in [4.78, 5) is 24.1. The number of aliphatic hydroxyl groups is 7. The first kappa shape index (κ1) is 35.1. The number of hydrogen-bond donors (Lipinski definition) is 9. The van der Waals surface area contributed by atoms with Crippen LogP contribution in [0.2, 0.25) is 0 Å². The van der Waals surface area contributed by atoms with Gasteiger partial charge in [0.25, 0.3) is 0 Å². The molecular weight excluding hydrogens is 434 g/mol. The highest BCUT2D eigenvalue weighted by atomic mass is 16.4. The minimum absolute atomic E-state index is 0.0694. The minimum Gasteiger partial charge on any atom is -0.544 e. The molecule has 0 bridgehead atoms. The lowest BCUT2D eigenvalue weighted by Crippen LogP contribution is -3.14. The van der Waals surface area contributed by atoms with E-state index in [2.05, 4.69) is 0 Å². The number of rotatable bonds is 18. The van der Waals surface area contributed by atoms with Gasteiger partial charge in [-0.15, -0.1) is 0 Å². The van der Waals surface area contributed by atoms with Crippen molar-refractivity contribution in [3.63, 3.8) is 0 Å². The average molecular weight is 476 g/mol. The van der Waals surface area contributed by atoms with Gasteiger partial charge < -0.3 is 55.7 Å². The van der Waals surface area contributed by atoms with Gasteiger partial charge in [0, 0.05) is 39.3 Å². The summed E-state index contributed by atoms with van der Waals surface area (Å²) in [6, 6.07) is 0. The lowest BCUT2D eigenvalue weighted by molar-refractivity contribution is -0.887. The Balaban J connectivity index is -0.000000397. The van der Waals surface area contributed by atoms with Gasteiger partial charge in [-0.2, -0.15) is 0 Å². The predicted octanol–water partition coefficient (Wildman–Crippen LogP) is -7.77. The van der Waals surface area contributed by atoms with Crippen molar-refractivity contribution in [2.75, 3.05) is 105 Å². The number of aliphatic carboxylic acids is 2. The first-order valence-electron chi connectivity index (χ1n) is 10.2. The molecule has 0 aliphatic rings. The summed E-state index contributed by atoms with van der Waals surface area (Å²) in [7, 11) is 0. The Bertz CT molecular complexity index is 357. The zero-order chi connectivity index (χ0) is 25.2. The van der Waals surface area contributed by atoms with Gasteiger partial charge in [-0.3, -0.25) is 9.80 Å². The van der Waals surface area contributed by atoms with Crippen molar-refractivity contribution in [2.24, 2.45) is 0 Å². The molecule has 0 saturated carbocycles. The summed E-state index contributed by atoms with van der Waals surface area (Å²) in [5, 5.41) is 77.7. The number of carboxylic acids is 2. The molecule has 1 atom stereocenters. The number of quaternary nitrogens is 1. The average Bonchev–Trinajstić information content (AvgIpc) is 2.69. The van der Waals surface area contributed by atoms with E-state index < -0.39 is 18.5 Å². The van der Waals surface area contributed by atoms with E-state index in [1.807, 2.05) is 0 Å². The van der Waals surface area contributed by atoms with Crippen molar-refractivity contribution in [1.82, 2.24) is 9.80 Å². The topological polar surface area (TPSA) is 230 Å². The molecule has 9 N–H and O–H groups in total. The standard InChI is InChI=1S/C6H11NO5.2C6H15NO3/c8-2-1-7(3-5(9)10)4-6(11)12;2*8-4-1-7(2-5-9)3-6-10/h8H,1-4H2,(H,9,10)(H,11,12);2*8-10H,1-6H2. The smallest absolute Gasteiger partial charge is 0.359 e. The summed E-state index contributed by atoms with van der Waals surface area (Å²) < 4.78 is 0. The Kier molecular flexibility index (Phi) is 30.3. The third-order valence-electron chi connectivity index (χ3n) is 3.76. The second-order valence-corrected chi connectivity index (χ2v) is 6.37. The van der Waals surface area contributed by atoms with Gasteiger partial charge >= 0.3 is 5.97 Å². The zero-order valence-corrected chi connectivity index (χ0v) is 18.5. The monoisotopic (exact) mass is 475 g/mol. The Morgan fingerprint density at radius 3 is 1.09 bits per heavy atom. The maximum absolute atomic E-state index is 10.2. The van der Waals surface area contributed by atoms with E-state index in [4.69, 9.17) is 40.9 Å². The van der Waals surface area contributed by atoms with Crippen LogP contribution in [0, 0.1) is 0 Å². The molecule has 1 unspecified atom stereocenters. The van der Waals surface area contributed by atoms with Crippen LogP contribution < -0.4 is 10.0 Å². The Morgan fingerprint density at radius 1 is 0.594 bits per heavy atom. The van der Waals surface area contributed by atoms with Gasteiger partial charge in [-0.1, -0.05) is 0 Å². The molecule has 0 aromatic rings. The lowest BCUT2D eigenvalue weighted by atomic mass is 10.4. The lowest BCUT2D eigenvalue weighted by Gasteiger charge is -2.17. The molecule has 0 aliphatic heterocycles. The molecule has 0 radical (unpaired) electrons. The van der Waals surface area contributed by atoms with Crippen LogP contribution in [0.4, 0.5) is 0 Å². The maximum atomic E-state index is 10.2. The number of nitrogens with zero attached hydrogens (tertiary/aromatic N) is 2. The van der Waals surface area contributed by atoms with Crippen LogP contribution in [0.3, 0.4) is 0 Å². The van der Waals surface area contributed by atoms with Crippen LogP contribution in [0.15, 0.2) is 0 Å². The van der Waals surface area contributed by atoms with Gasteiger partial charge in [0.15, 0.2) is 6.54 Å². The van der Waals surface area contributed by atoms with E-state index in [0.717, 1.165) is 0 Å². The molecule has 0 fully saturated rings. The van der Waals surface area contributed by atoms with Crippen LogP contribution in [-0.4, -0.2) is 168 Å². The van der Waals surface area contributed by atoms with Crippen molar-refractivity contribution in [1.29, 1.82) is 0 Å². The van der Waals surface area contributed by atoms with Gasteiger partial charge in [-0.05, 0) is 0 Å². The number of carbonyl (C=O) groups excluding carboxylic acids is 1. The van der Waals surface area contributed by atoms with E-state index in [0.29, 0.717) is 39.3 Å². The summed E-state index contributed by atoms with van der Waals surface area (Å²) in [5.41, 5.74) is 0. The molecule has 0 saturated heterocycles. The molecule has 0 aromatic heterocycles. The first-order chi connectivity index (χ1) is 15.2. The van der Waals surface area contributed by atoms with Crippen LogP contribution in [0.1, 0.15) is 0 Å². The predicted molar refractivity (Wildman–Crippen MR) is 111 cm³/mol. The maximum Gasteiger partial charge on any atom is 0.359 e. The molecule has 0 rings (SSSR count). The van der Waals surface area contributed by atoms with E-state index >= 15 is 0 Å². The van der Waals surface area contributed by atoms with Crippen molar-refractivity contribution in [3.05, 3.63) is 0 Å². The SMILES string of the molecule is O=C([O-])C[NH+](CCO)CC(=O)O.OCCN(CCO)CCO.OCCN(CCO)CCO. The van der Waals surface area contributed by atoms with E-state index in [1.54, 1.807) is 9.80 Å². The number of carbonyl (C=O) groups is 2. The molecule has 194 valence electrons. The number of hydrogen-bond acceptors (Lipinski definition) is 12. The molecular formula is C18H41N3O11. The summed E-state index contributed by atoms with van der Waals surface area (Å²) in [6.45, 7) is 2.64. The Morgan fingerprint density at radius 2 is 0.906 bits per heavy atom. The highest BCUT2D eigenvalue weighted by molar-refractivity contribution is 5.68. The molecule has 14 nitrogen and oxygen atoms in total. The fourth-order valence-electron chi connectivity index (χ4n) is 2.33. The molecule has 0 spiro atoms. The van der Waals surface area contributed by atoms with Gasteiger partial charge in [-0.25, -0.2) is 4.79 Å². The number of aliphatic hydroxyl groups excluding tert-OH is 7. The van der Waals surface area contributed by atoms with Gasteiger partial charge in [0.1, 0.15) is 13.1 Å². The Labute approximate surface area is 188 Å². The van der Waals surface area contributed by atoms with E-state index in [9.17, 15) is 14.7 Å². The fraction of sp³-hybridized carbons (Fsp3) is 0.889. The highest BCUT2D eigenvalue weighted by Gasteiger charge is 2.12. The van der Waals surface area contributed by atoms with Crippen LogP contribution in [-0.2, 0) is 9.59 Å². The zero-order valence-electron chi connectivity index (χ0n) is 18.5. The summed E-state index contributed by atoms with van der Waals surface area (Å²) in [6.07, 6.45) is 0. The fourth-order valence-corrected chi connectivity index (χ4v) is 2.33. The number of carboxylic acid groups (broad SMARTS) is 2. The molecule has 0 heterocycles. The largest absolute Gasteiger partial charge is 0.544 e. The minimum atomic E-state index is -1.32. The van der Waals surface area contributed by atoms with Crippen molar-refractivity contribution in [3.8, 4) is 0 Å². The molecule has 0 aliphatic carbocycles. The normalized spacial score (nSPS) is 11.4. The molecule has 32 heavy (non-hydrogen) atoms. The van der Waals surface area contributed by atoms with E-state index in [-0.39, 0.29) is 64.2 Å². The first-order valence-corrected chi connectivity index (χ1v) is 10.2. The van der Waals surface area contributed by atoms with Gasteiger partial charge in [0.2, 0.25) is 0 Å². The third-order valence-corrected chi connectivity index (χ3v) is 3.76. The van der Waals surface area contributed by atoms with E-state index in [1.165, 1.54) is 0 Å². The quantitative estimate of drug-likeness (QED) is 0.0898. The highest BCUT2D eigenvalue weighted by Crippen LogP contribution is 1.85. The van der Waals surface area contributed by atoms with Crippen LogP contribution >= 0.6 is 0 Å². The van der Waals surface area contributed by atoms with Crippen molar-refractivity contribution >= 4 is 11.9 Å². The number of nitrogens with one attached hydrogen (secondary N) is 1. The van der Waals surface area contributed by atoms with Crippen LogP contribution in [0.25, 0.3) is 0 Å². The second kappa shape index (κ2) is 27.6. The van der Waals surface area contributed by atoms with Crippen molar-refractivity contribution < 1.29 is 60.4 Å². The summed E-state index contributed by atoms with van der Waals surface area (Å²) in [5.74, 6) is -2.42.